The second-order valence-corrected chi connectivity index (χ2v) is 14.4. The van der Waals surface area contributed by atoms with E-state index in [2.05, 4.69) is 164 Å². The van der Waals surface area contributed by atoms with E-state index in [1.165, 1.54) is 33.4 Å². The number of benzene rings is 8. The minimum Gasteiger partial charge on any atom is -0.436 e. The predicted molar refractivity (Wildman–Crippen MR) is 220 cm³/mol. The van der Waals surface area contributed by atoms with Gasteiger partial charge in [0.2, 0.25) is 5.89 Å². The van der Waals surface area contributed by atoms with Gasteiger partial charge in [-0.2, -0.15) is 0 Å². The van der Waals surface area contributed by atoms with E-state index in [0.717, 1.165) is 55.6 Å². The average Bonchev–Trinajstić information content (AvgIpc) is 3.76. The Morgan fingerprint density at radius 1 is 0.472 bits per heavy atom. The van der Waals surface area contributed by atoms with Crippen molar-refractivity contribution in [2.24, 2.45) is 0 Å². The summed E-state index contributed by atoms with van der Waals surface area (Å²) >= 11 is 0. The number of oxazole rings is 1. The normalized spacial score (nSPS) is 12.9. The predicted octanol–water partition coefficient (Wildman–Crippen LogP) is 13.8. The number of aromatic nitrogens is 1. The molecule has 3 heteroatoms. The number of anilines is 3. The minimum absolute atomic E-state index is 0.0611. The lowest BCUT2D eigenvalue weighted by Gasteiger charge is -2.29. The molecular weight excluding hydrogens is 645 g/mol. The lowest BCUT2D eigenvalue weighted by molar-refractivity contribution is 0.620. The largest absolute Gasteiger partial charge is 0.436 e. The third-order valence-electron chi connectivity index (χ3n) is 10.9. The number of fused-ring (bicyclic) bond motifs is 6. The Morgan fingerprint density at radius 2 is 1.09 bits per heavy atom. The summed E-state index contributed by atoms with van der Waals surface area (Å²) in [7, 11) is 0. The van der Waals surface area contributed by atoms with Crippen molar-refractivity contribution in [2.45, 2.75) is 19.3 Å². The van der Waals surface area contributed by atoms with Crippen LogP contribution >= 0.6 is 0 Å². The first-order chi connectivity index (χ1) is 26.0. The Balaban J connectivity index is 1.13. The monoisotopic (exact) mass is 680 g/mol. The summed E-state index contributed by atoms with van der Waals surface area (Å²) in [5.41, 5.74) is 15.8. The summed E-state index contributed by atoms with van der Waals surface area (Å²) in [4.78, 5) is 7.45. The van der Waals surface area contributed by atoms with Crippen molar-refractivity contribution in [3.05, 3.63) is 193 Å². The molecule has 0 saturated carbocycles. The molecule has 10 rings (SSSR count). The van der Waals surface area contributed by atoms with E-state index in [1.54, 1.807) is 0 Å². The van der Waals surface area contributed by atoms with Crippen LogP contribution in [0, 0.1) is 0 Å². The number of nitrogens with zero attached hydrogens (tertiary/aromatic N) is 2. The standard InChI is InChI=1S/C50H36N2O/c1-50(2)43-22-11-9-20-41(43)42-32-38(29-30-44(42)50)52(45-23-12-10-19-39(45)33-14-5-3-6-15-33)37-27-24-34(25-28-37)40-21-13-18-35-26-31-46-48(47(35)40)51-49(53-46)36-16-7-4-8-17-36/h3-32H,1-2H3. The molecule has 252 valence electrons. The van der Waals surface area contributed by atoms with Crippen molar-refractivity contribution in [1.82, 2.24) is 4.98 Å². The molecule has 0 unspecified atom stereocenters. The number of hydrogen-bond donors (Lipinski definition) is 0. The van der Waals surface area contributed by atoms with E-state index in [4.69, 9.17) is 9.40 Å². The number of rotatable bonds is 6. The van der Waals surface area contributed by atoms with Crippen LogP contribution in [-0.4, -0.2) is 4.98 Å². The highest BCUT2D eigenvalue weighted by Gasteiger charge is 2.35. The fourth-order valence-electron chi connectivity index (χ4n) is 8.30. The van der Waals surface area contributed by atoms with Crippen LogP contribution in [0.4, 0.5) is 17.1 Å². The molecule has 0 aliphatic heterocycles. The Kier molecular flexibility index (Phi) is 7.16. The van der Waals surface area contributed by atoms with Gasteiger partial charge in [0.1, 0.15) is 5.52 Å². The molecule has 8 aromatic carbocycles. The molecule has 0 atom stereocenters. The zero-order chi connectivity index (χ0) is 35.5. The van der Waals surface area contributed by atoms with Crippen LogP contribution in [0.3, 0.4) is 0 Å². The van der Waals surface area contributed by atoms with Gasteiger partial charge in [-0.05, 0) is 92.9 Å². The maximum absolute atomic E-state index is 6.30. The highest BCUT2D eigenvalue weighted by molar-refractivity contribution is 6.12. The molecule has 1 aromatic heterocycles. The Bertz CT molecular complexity index is 2800. The molecule has 53 heavy (non-hydrogen) atoms. The SMILES string of the molecule is CC1(C)c2ccccc2-c2cc(N(c3ccc(-c4cccc5ccc6oc(-c7ccccc7)nc6c45)cc3)c3ccccc3-c3ccccc3)ccc21. The van der Waals surface area contributed by atoms with Crippen molar-refractivity contribution in [3.8, 4) is 44.8 Å². The van der Waals surface area contributed by atoms with E-state index >= 15 is 0 Å². The van der Waals surface area contributed by atoms with Crippen LogP contribution in [0.1, 0.15) is 25.0 Å². The van der Waals surface area contributed by atoms with Crippen LogP contribution < -0.4 is 4.90 Å². The molecule has 3 nitrogen and oxygen atoms in total. The molecular formula is C50H36N2O. The summed E-state index contributed by atoms with van der Waals surface area (Å²) < 4.78 is 6.30. The zero-order valence-corrected chi connectivity index (χ0v) is 29.6. The molecule has 0 amide bonds. The maximum Gasteiger partial charge on any atom is 0.227 e. The molecule has 1 heterocycles. The quantitative estimate of drug-likeness (QED) is 0.175. The summed E-state index contributed by atoms with van der Waals surface area (Å²) in [5.74, 6) is 0.631. The molecule has 0 saturated heterocycles. The molecule has 1 aliphatic rings. The molecule has 1 aliphatic carbocycles. The Morgan fingerprint density at radius 3 is 1.89 bits per heavy atom. The van der Waals surface area contributed by atoms with Crippen LogP contribution in [0.15, 0.2) is 186 Å². The van der Waals surface area contributed by atoms with Gasteiger partial charge in [-0.3, -0.25) is 0 Å². The van der Waals surface area contributed by atoms with Gasteiger partial charge in [0.05, 0.1) is 5.69 Å². The lowest BCUT2D eigenvalue weighted by atomic mass is 9.82. The molecule has 0 fully saturated rings. The summed E-state index contributed by atoms with van der Waals surface area (Å²) in [6.45, 7) is 4.67. The van der Waals surface area contributed by atoms with E-state index in [9.17, 15) is 0 Å². The highest BCUT2D eigenvalue weighted by atomic mass is 16.3. The summed E-state index contributed by atoms with van der Waals surface area (Å²) in [5, 5.41) is 2.22. The van der Waals surface area contributed by atoms with Crippen molar-refractivity contribution >= 4 is 38.9 Å². The van der Waals surface area contributed by atoms with E-state index in [-0.39, 0.29) is 5.41 Å². The highest BCUT2D eigenvalue weighted by Crippen LogP contribution is 2.51. The van der Waals surface area contributed by atoms with E-state index < -0.39 is 0 Å². The third-order valence-corrected chi connectivity index (χ3v) is 10.9. The molecule has 0 spiro atoms. The van der Waals surface area contributed by atoms with E-state index in [0.29, 0.717) is 5.89 Å². The van der Waals surface area contributed by atoms with Crippen LogP contribution in [0.25, 0.3) is 66.7 Å². The fraction of sp³-hybridized carbons (Fsp3) is 0.0600. The van der Waals surface area contributed by atoms with Gasteiger partial charge in [0.15, 0.2) is 5.58 Å². The van der Waals surface area contributed by atoms with Crippen molar-refractivity contribution in [1.29, 1.82) is 0 Å². The first-order valence-electron chi connectivity index (χ1n) is 18.2. The summed E-state index contributed by atoms with van der Waals surface area (Å²) in [6.07, 6.45) is 0. The molecule has 0 N–H and O–H groups in total. The van der Waals surface area contributed by atoms with Crippen molar-refractivity contribution in [2.75, 3.05) is 4.90 Å². The molecule has 9 aromatic rings. The van der Waals surface area contributed by atoms with Gasteiger partial charge in [-0.25, -0.2) is 4.98 Å². The van der Waals surface area contributed by atoms with Gasteiger partial charge in [0.25, 0.3) is 0 Å². The second kappa shape index (κ2) is 12.2. The smallest absolute Gasteiger partial charge is 0.227 e. The minimum atomic E-state index is -0.0611. The first kappa shape index (κ1) is 31.1. The van der Waals surface area contributed by atoms with Crippen LogP contribution in [0.2, 0.25) is 0 Å². The summed E-state index contributed by atoms with van der Waals surface area (Å²) in [6, 6.07) is 65.0. The van der Waals surface area contributed by atoms with Crippen LogP contribution in [-0.2, 0) is 5.41 Å². The third kappa shape index (κ3) is 5.08. The van der Waals surface area contributed by atoms with Gasteiger partial charge in [-0.15, -0.1) is 0 Å². The fourth-order valence-corrected chi connectivity index (χ4v) is 8.30. The van der Waals surface area contributed by atoms with Crippen molar-refractivity contribution < 1.29 is 4.42 Å². The number of para-hydroxylation sites is 1. The average molecular weight is 681 g/mol. The zero-order valence-electron chi connectivity index (χ0n) is 29.6. The number of hydrogen-bond acceptors (Lipinski definition) is 3. The van der Waals surface area contributed by atoms with E-state index in [1.807, 2.05) is 36.4 Å². The maximum atomic E-state index is 6.30. The Hall–Kier alpha value is -6.71. The van der Waals surface area contributed by atoms with Crippen molar-refractivity contribution in [3.63, 3.8) is 0 Å². The van der Waals surface area contributed by atoms with Gasteiger partial charge in [0, 0.05) is 33.3 Å². The first-order valence-corrected chi connectivity index (χ1v) is 18.2. The Labute approximate surface area is 309 Å². The van der Waals surface area contributed by atoms with Gasteiger partial charge < -0.3 is 9.32 Å². The van der Waals surface area contributed by atoms with Gasteiger partial charge >= 0.3 is 0 Å². The second-order valence-electron chi connectivity index (χ2n) is 14.4. The van der Waals surface area contributed by atoms with Crippen LogP contribution in [0.5, 0.6) is 0 Å². The van der Waals surface area contributed by atoms with Gasteiger partial charge in [-0.1, -0.05) is 147 Å². The molecule has 0 radical (unpaired) electrons. The molecule has 0 bridgehead atoms. The topological polar surface area (TPSA) is 29.3 Å². The lowest BCUT2D eigenvalue weighted by Crippen LogP contribution is -2.15.